The molecule has 134 valence electrons. The molecule has 1 aliphatic heterocycles. The van der Waals surface area contributed by atoms with Gasteiger partial charge in [-0.15, -0.1) is 0 Å². The molecule has 4 rings (SSSR count). The molecule has 1 aliphatic rings. The van der Waals surface area contributed by atoms with Gasteiger partial charge >= 0.3 is 0 Å². The second-order valence-electron chi connectivity index (χ2n) is 6.43. The van der Waals surface area contributed by atoms with Crippen LogP contribution in [-0.4, -0.2) is 62.5 Å². The molecular formula is C18H20N6O2. The van der Waals surface area contributed by atoms with Crippen LogP contribution in [0, 0.1) is 6.92 Å². The summed E-state index contributed by atoms with van der Waals surface area (Å²) in [5.41, 5.74) is 1.80. The molecule has 0 aromatic carbocycles. The Morgan fingerprint density at radius 3 is 2.96 bits per heavy atom. The van der Waals surface area contributed by atoms with Gasteiger partial charge in [0.25, 0.3) is 5.91 Å². The smallest absolute Gasteiger partial charge is 0.259 e. The molecule has 1 amide bonds. The summed E-state index contributed by atoms with van der Waals surface area (Å²) in [6, 6.07) is 3.72. The number of amides is 1. The lowest BCUT2D eigenvalue weighted by Crippen LogP contribution is -2.49. The van der Waals surface area contributed by atoms with Gasteiger partial charge in [-0.25, -0.2) is 4.98 Å². The van der Waals surface area contributed by atoms with Crippen LogP contribution < -0.4 is 0 Å². The first-order valence-corrected chi connectivity index (χ1v) is 8.50. The number of rotatable bonds is 3. The summed E-state index contributed by atoms with van der Waals surface area (Å²) in [5, 5.41) is 4.09. The third kappa shape index (κ3) is 2.88. The Hall–Kier alpha value is -3.00. The number of imidazole rings is 1. The molecule has 0 saturated carbocycles. The monoisotopic (exact) mass is 352 g/mol. The lowest BCUT2D eigenvalue weighted by molar-refractivity contribution is 0.0533. The number of carbonyl (C=O) groups excluding carboxylic acids is 1. The van der Waals surface area contributed by atoms with Gasteiger partial charge in [0.15, 0.2) is 0 Å². The molecule has 3 aromatic rings. The van der Waals surface area contributed by atoms with Crippen molar-refractivity contribution < 1.29 is 9.32 Å². The van der Waals surface area contributed by atoms with Gasteiger partial charge in [-0.1, -0.05) is 5.16 Å². The fourth-order valence-corrected chi connectivity index (χ4v) is 3.30. The van der Waals surface area contributed by atoms with Crippen LogP contribution in [0.15, 0.2) is 41.4 Å². The standard InChI is InChI=1S/C18H20N6O2/c1-12-15(16(22-26-12)13-4-3-5-19-10-13)18(25)24-9-8-23(2)14(11-24)17-20-6-7-21-17/h3-7,10,14H,8-9,11H2,1-2H3,(H,20,21). The van der Waals surface area contributed by atoms with Crippen molar-refractivity contribution in [3.05, 3.63) is 54.1 Å². The van der Waals surface area contributed by atoms with Gasteiger partial charge in [-0.2, -0.15) is 0 Å². The first-order chi connectivity index (χ1) is 12.6. The van der Waals surface area contributed by atoms with E-state index in [0.29, 0.717) is 30.1 Å². The van der Waals surface area contributed by atoms with Gasteiger partial charge in [0.05, 0.1) is 6.04 Å². The van der Waals surface area contributed by atoms with Crippen LogP contribution in [0.1, 0.15) is 28.0 Å². The fraction of sp³-hybridized carbons (Fsp3) is 0.333. The number of aryl methyl sites for hydroxylation is 1. The highest BCUT2D eigenvalue weighted by molar-refractivity contribution is 6.00. The van der Waals surface area contributed by atoms with Crippen molar-refractivity contribution in [1.29, 1.82) is 0 Å². The number of hydrogen-bond acceptors (Lipinski definition) is 6. The highest BCUT2D eigenvalue weighted by Gasteiger charge is 2.33. The summed E-state index contributed by atoms with van der Waals surface area (Å²) in [6.45, 7) is 3.73. The Morgan fingerprint density at radius 2 is 2.23 bits per heavy atom. The number of piperazine rings is 1. The molecule has 1 atom stereocenters. The average molecular weight is 352 g/mol. The van der Waals surface area contributed by atoms with E-state index in [9.17, 15) is 4.79 Å². The maximum absolute atomic E-state index is 13.3. The van der Waals surface area contributed by atoms with Crippen molar-refractivity contribution in [2.75, 3.05) is 26.7 Å². The minimum Gasteiger partial charge on any atom is -0.360 e. The van der Waals surface area contributed by atoms with Crippen LogP contribution in [-0.2, 0) is 0 Å². The van der Waals surface area contributed by atoms with E-state index in [0.717, 1.165) is 17.9 Å². The van der Waals surface area contributed by atoms with Crippen LogP contribution in [0.5, 0.6) is 0 Å². The topological polar surface area (TPSA) is 91.2 Å². The van der Waals surface area contributed by atoms with Crippen LogP contribution in [0.3, 0.4) is 0 Å². The number of nitrogens with one attached hydrogen (secondary N) is 1. The lowest BCUT2D eigenvalue weighted by atomic mass is 10.1. The Kier molecular flexibility index (Phi) is 4.26. The number of pyridine rings is 1. The summed E-state index contributed by atoms with van der Waals surface area (Å²) >= 11 is 0. The summed E-state index contributed by atoms with van der Waals surface area (Å²) in [7, 11) is 2.04. The molecule has 0 spiro atoms. The van der Waals surface area contributed by atoms with Crippen molar-refractivity contribution >= 4 is 5.91 Å². The zero-order chi connectivity index (χ0) is 18.1. The van der Waals surface area contributed by atoms with Gasteiger partial charge in [0.2, 0.25) is 0 Å². The number of carbonyl (C=O) groups is 1. The van der Waals surface area contributed by atoms with Crippen LogP contribution >= 0.6 is 0 Å². The second kappa shape index (κ2) is 6.72. The van der Waals surface area contributed by atoms with Crippen molar-refractivity contribution in [2.24, 2.45) is 0 Å². The largest absolute Gasteiger partial charge is 0.360 e. The molecule has 8 heteroatoms. The number of likely N-dealkylation sites (N-methyl/N-ethyl adjacent to an activating group) is 1. The fourth-order valence-electron chi connectivity index (χ4n) is 3.30. The third-order valence-corrected chi connectivity index (χ3v) is 4.78. The molecule has 0 bridgehead atoms. The maximum Gasteiger partial charge on any atom is 0.259 e. The van der Waals surface area contributed by atoms with Gasteiger partial charge in [-0.3, -0.25) is 14.7 Å². The highest BCUT2D eigenvalue weighted by atomic mass is 16.5. The van der Waals surface area contributed by atoms with E-state index >= 15 is 0 Å². The molecule has 8 nitrogen and oxygen atoms in total. The zero-order valence-electron chi connectivity index (χ0n) is 14.7. The normalized spacial score (nSPS) is 18.2. The minimum absolute atomic E-state index is 0.0321. The Morgan fingerprint density at radius 1 is 1.35 bits per heavy atom. The Balaban J connectivity index is 1.63. The quantitative estimate of drug-likeness (QED) is 0.774. The summed E-state index contributed by atoms with van der Waals surface area (Å²) in [6.07, 6.45) is 6.90. The molecule has 0 aliphatic carbocycles. The molecule has 0 radical (unpaired) electrons. The third-order valence-electron chi connectivity index (χ3n) is 4.78. The van der Waals surface area contributed by atoms with Crippen molar-refractivity contribution in [3.63, 3.8) is 0 Å². The predicted octanol–water partition coefficient (Wildman–Crippen LogP) is 1.90. The van der Waals surface area contributed by atoms with Gasteiger partial charge in [0.1, 0.15) is 22.8 Å². The number of H-pyrrole nitrogens is 1. The number of aromatic nitrogens is 4. The maximum atomic E-state index is 13.3. The summed E-state index contributed by atoms with van der Waals surface area (Å²) in [5.74, 6) is 1.30. The molecule has 3 aromatic heterocycles. The molecular weight excluding hydrogens is 332 g/mol. The van der Waals surface area contributed by atoms with E-state index in [-0.39, 0.29) is 11.9 Å². The van der Waals surface area contributed by atoms with Gasteiger partial charge in [0, 0.05) is 50.0 Å². The SMILES string of the molecule is Cc1onc(-c2cccnc2)c1C(=O)N1CCN(C)C(c2ncc[nH]2)C1. The molecule has 4 heterocycles. The van der Waals surface area contributed by atoms with Crippen LogP contribution in [0.2, 0.25) is 0 Å². The molecule has 1 N–H and O–H groups in total. The molecule has 1 fully saturated rings. The van der Waals surface area contributed by atoms with Crippen LogP contribution in [0.4, 0.5) is 0 Å². The number of aromatic amines is 1. The average Bonchev–Trinajstić information content (AvgIpc) is 3.32. The van der Waals surface area contributed by atoms with Crippen molar-refractivity contribution in [1.82, 2.24) is 29.9 Å². The van der Waals surface area contributed by atoms with Crippen LogP contribution in [0.25, 0.3) is 11.3 Å². The number of hydrogen-bond donors (Lipinski definition) is 1. The molecule has 1 unspecified atom stereocenters. The molecule has 1 saturated heterocycles. The van der Waals surface area contributed by atoms with E-state index < -0.39 is 0 Å². The van der Waals surface area contributed by atoms with E-state index in [4.69, 9.17) is 4.52 Å². The first kappa shape index (κ1) is 16.5. The summed E-state index contributed by atoms with van der Waals surface area (Å²) < 4.78 is 5.33. The lowest BCUT2D eigenvalue weighted by Gasteiger charge is -2.38. The molecule has 26 heavy (non-hydrogen) atoms. The first-order valence-electron chi connectivity index (χ1n) is 8.50. The number of nitrogens with zero attached hydrogens (tertiary/aromatic N) is 5. The second-order valence-corrected chi connectivity index (χ2v) is 6.43. The Bertz CT molecular complexity index is 890. The van der Waals surface area contributed by atoms with E-state index in [1.165, 1.54) is 0 Å². The Labute approximate surface area is 150 Å². The minimum atomic E-state index is -0.0766. The van der Waals surface area contributed by atoms with E-state index in [2.05, 4.69) is 25.0 Å². The van der Waals surface area contributed by atoms with E-state index in [1.807, 2.05) is 24.1 Å². The van der Waals surface area contributed by atoms with Crippen molar-refractivity contribution in [3.8, 4) is 11.3 Å². The zero-order valence-corrected chi connectivity index (χ0v) is 14.7. The predicted molar refractivity (Wildman–Crippen MR) is 94.3 cm³/mol. The highest BCUT2D eigenvalue weighted by Crippen LogP contribution is 2.28. The van der Waals surface area contributed by atoms with Gasteiger partial charge in [-0.05, 0) is 26.1 Å². The summed E-state index contributed by atoms with van der Waals surface area (Å²) in [4.78, 5) is 28.9. The van der Waals surface area contributed by atoms with Gasteiger partial charge < -0.3 is 14.4 Å². The van der Waals surface area contributed by atoms with Crippen molar-refractivity contribution in [2.45, 2.75) is 13.0 Å². The van der Waals surface area contributed by atoms with E-state index in [1.54, 1.807) is 31.7 Å².